The first-order chi connectivity index (χ1) is 41.2. The van der Waals surface area contributed by atoms with E-state index in [1.54, 1.807) is 0 Å². The first-order valence-electron chi connectivity index (χ1n) is 30.0. The molecule has 0 bridgehead atoms. The fourth-order valence-electron chi connectivity index (χ4n) is 16.4. The zero-order valence-electron chi connectivity index (χ0n) is 47.6. The van der Waals surface area contributed by atoms with Crippen molar-refractivity contribution < 1.29 is 0 Å². The zero-order chi connectivity index (χ0) is 55.7. The minimum Gasteiger partial charge on any atom is -0.0616 e. The van der Waals surface area contributed by atoms with Gasteiger partial charge in [0.05, 0.1) is 0 Å². The lowest BCUT2D eigenvalue weighted by Crippen LogP contribution is -2.31. The molecule has 0 heteroatoms. The Labute approximate surface area is 490 Å². The quantitative estimate of drug-likeness (QED) is 0.161. The Hall–Kier alpha value is -9.88. The Balaban J connectivity index is 0.831. The summed E-state index contributed by atoms with van der Waals surface area (Å²) in [5, 5.41) is 12.6. The molecule has 2 atom stereocenters. The molecule has 12 aromatic rings. The van der Waals surface area contributed by atoms with E-state index in [4.69, 9.17) is 0 Å². The Bertz CT molecular complexity index is 5140. The van der Waals surface area contributed by atoms with Crippen molar-refractivity contribution in [2.75, 3.05) is 0 Å². The van der Waals surface area contributed by atoms with Gasteiger partial charge in [0.15, 0.2) is 0 Å². The molecule has 18 rings (SSSR count). The van der Waals surface area contributed by atoms with Crippen molar-refractivity contribution in [1.29, 1.82) is 0 Å². The Morgan fingerprint density at radius 2 is 0.821 bits per heavy atom. The monoisotopic (exact) mass is 1070 g/mol. The zero-order valence-corrected chi connectivity index (χ0v) is 47.6. The maximum absolute atomic E-state index is 2.62. The third-order valence-electron chi connectivity index (χ3n) is 20.4. The molecule has 0 saturated heterocycles. The second-order valence-corrected chi connectivity index (χ2v) is 25.4. The minimum absolute atomic E-state index is 0.128. The number of rotatable bonds is 5. The van der Waals surface area contributed by atoms with E-state index in [1.807, 2.05) is 0 Å². The van der Waals surface area contributed by atoms with Gasteiger partial charge in [0.1, 0.15) is 0 Å². The summed E-state index contributed by atoms with van der Waals surface area (Å²) in [4.78, 5) is 0. The van der Waals surface area contributed by atoms with E-state index in [9.17, 15) is 0 Å². The molecule has 0 fully saturated rings. The van der Waals surface area contributed by atoms with Crippen LogP contribution >= 0.6 is 0 Å². The number of fused-ring (bicyclic) bond motifs is 12. The van der Waals surface area contributed by atoms with Gasteiger partial charge in [0, 0.05) is 22.7 Å². The molecule has 84 heavy (non-hydrogen) atoms. The highest BCUT2D eigenvalue weighted by atomic mass is 14.5. The van der Waals surface area contributed by atoms with E-state index in [0.717, 1.165) is 0 Å². The minimum atomic E-state index is -0.174. The van der Waals surface area contributed by atoms with Crippen molar-refractivity contribution in [3.05, 3.63) is 323 Å². The molecule has 0 spiro atoms. The number of hydrogen-bond donors (Lipinski definition) is 0. The summed E-state index contributed by atoms with van der Waals surface area (Å²) in [5.41, 5.74) is 29.2. The van der Waals surface area contributed by atoms with Crippen LogP contribution in [0.4, 0.5) is 0 Å². The molecule has 6 aliphatic rings. The first kappa shape index (κ1) is 47.7. The predicted molar refractivity (Wildman–Crippen MR) is 356 cm³/mol. The second kappa shape index (κ2) is 17.3. The molecule has 12 aromatic carbocycles. The average molecular weight is 1070 g/mol. The average Bonchev–Trinajstić information content (AvgIpc) is 1.71. The molecule has 0 heterocycles. The van der Waals surface area contributed by atoms with E-state index in [2.05, 4.69) is 295 Å². The highest BCUT2D eigenvalue weighted by Crippen LogP contribution is 2.63. The van der Waals surface area contributed by atoms with Gasteiger partial charge in [-0.2, -0.15) is 0 Å². The van der Waals surface area contributed by atoms with Gasteiger partial charge >= 0.3 is 0 Å². The van der Waals surface area contributed by atoms with Crippen LogP contribution < -0.4 is 0 Å². The lowest BCUT2D eigenvalue weighted by molar-refractivity contribution is 0.562. The summed E-state index contributed by atoms with van der Waals surface area (Å²) < 4.78 is 0. The van der Waals surface area contributed by atoms with Crippen molar-refractivity contribution in [2.24, 2.45) is 11.8 Å². The highest BCUT2D eigenvalue weighted by molar-refractivity contribution is 6.18. The Morgan fingerprint density at radius 1 is 0.321 bits per heavy atom. The molecule has 394 valence electrons. The number of allylic oxidation sites excluding steroid dienone is 14. The fraction of sp³-hybridized carbons (Fsp3) is 0.0952. The van der Waals surface area contributed by atoms with E-state index in [0.29, 0.717) is 0 Å². The molecule has 2 unspecified atom stereocenters. The Kier molecular flexibility index (Phi) is 9.85. The summed E-state index contributed by atoms with van der Waals surface area (Å²) in [6, 6.07) is 85.1. The summed E-state index contributed by atoms with van der Waals surface area (Å²) in [7, 11) is 0. The molecule has 6 aliphatic carbocycles. The maximum atomic E-state index is 2.62. The van der Waals surface area contributed by atoms with Crippen LogP contribution in [0.3, 0.4) is 0 Å². The van der Waals surface area contributed by atoms with Crippen molar-refractivity contribution in [2.45, 2.75) is 38.5 Å². The molecular weight excluding hydrogens is 1010 g/mol. The van der Waals surface area contributed by atoms with E-state index in [1.165, 1.54) is 176 Å². The van der Waals surface area contributed by atoms with Gasteiger partial charge in [-0.1, -0.05) is 264 Å². The molecule has 0 aliphatic heterocycles. The molecule has 0 aromatic heterocycles. The smallest absolute Gasteiger partial charge is 0.0205 e. The lowest BCUT2D eigenvalue weighted by atomic mass is 9.60. The van der Waals surface area contributed by atoms with Gasteiger partial charge in [-0.05, 0) is 207 Å². The normalized spacial score (nSPS) is 18.2. The van der Waals surface area contributed by atoms with Crippen LogP contribution in [0, 0.1) is 11.8 Å². The standard InChI is InChI=1S/C84H58/c1-83(2)74-42-36-52-20-8-12-27-64(52)81(74)72-47-76-73(48-75(72)83)82-71-39-34-53-33-37-62(69-38-35-54(79(71)78(53)69)46-77(82)84(76,3)4)56-43-55(61-28-13-21-49-17-5-9-24-58(49)61)44-57(45-56)63-40-41-70(66-30-15-23-51-19-7-11-26-60(51)66)80-67(63)31-16-32-68(80)65-29-14-22-50-18-6-10-25-59(50)65/h5-48,78-79H,1-4H3. The van der Waals surface area contributed by atoms with E-state index < -0.39 is 0 Å². The largest absolute Gasteiger partial charge is 0.0616 e. The topological polar surface area (TPSA) is 0 Å². The molecule has 0 N–H and O–H groups in total. The lowest BCUT2D eigenvalue weighted by Gasteiger charge is -2.43. The highest BCUT2D eigenvalue weighted by Gasteiger charge is 2.49. The van der Waals surface area contributed by atoms with E-state index >= 15 is 0 Å². The van der Waals surface area contributed by atoms with Gasteiger partial charge in [0.25, 0.3) is 0 Å². The van der Waals surface area contributed by atoms with Gasteiger partial charge in [-0.25, -0.2) is 0 Å². The van der Waals surface area contributed by atoms with Crippen molar-refractivity contribution in [3.63, 3.8) is 0 Å². The van der Waals surface area contributed by atoms with Crippen LogP contribution in [-0.4, -0.2) is 0 Å². The van der Waals surface area contributed by atoms with Crippen LogP contribution in [0.1, 0.15) is 55.5 Å². The summed E-state index contributed by atoms with van der Waals surface area (Å²) in [5.74, 6) is 0.379. The van der Waals surface area contributed by atoms with Crippen molar-refractivity contribution in [3.8, 4) is 55.6 Å². The van der Waals surface area contributed by atoms with Crippen LogP contribution in [0.15, 0.2) is 295 Å². The molecule has 0 amide bonds. The van der Waals surface area contributed by atoms with Gasteiger partial charge in [0.2, 0.25) is 0 Å². The predicted octanol–water partition coefficient (Wildman–Crippen LogP) is 22.1. The number of hydrogen-bond acceptors (Lipinski definition) is 0. The third-order valence-corrected chi connectivity index (χ3v) is 20.4. The van der Waals surface area contributed by atoms with Gasteiger partial charge < -0.3 is 0 Å². The summed E-state index contributed by atoms with van der Waals surface area (Å²) in [6.45, 7) is 9.82. The van der Waals surface area contributed by atoms with Crippen LogP contribution in [-0.2, 0) is 10.8 Å². The Morgan fingerprint density at radius 3 is 1.51 bits per heavy atom. The molecule has 0 saturated carbocycles. The fourth-order valence-corrected chi connectivity index (χ4v) is 16.4. The van der Waals surface area contributed by atoms with Crippen molar-refractivity contribution in [1.82, 2.24) is 0 Å². The third kappa shape index (κ3) is 6.60. The van der Waals surface area contributed by atoms with Crippen LogP contribution in [0.2, 0.25) is 0 Å². The molecule has 0 radical (unpaired) electrons. The SMILES string of the molecule is CC1(C)C2=C(C3=CC=C4C=CC(c5cc(-c6cccc7ccccc67)cc(-c6ccc(-c7cccc8ccccc78)c7c(-c8cccc9ccccc89)cccc67)c5)=C5C=CC(=C2)C3C45)c2cc3c(cc21)-c1c(ccc2ccccc12)C3(C)C. The van der Waals surface area contributed by atoms with Crippen LogP contribution in [0.5, 0.6) is 0 Å². The molecule has 0 nitrogen and oxygen atoms in total. The number of benzene rings is 12. The second-order valence-electron chi connectivity index (χ2n) is 25.4. The van der Waals surface area contributed by atoms with Gasteiger partial charge in [-0.15, -0.1) is 0 Å². The van der Waals surface area contributed by atoms with E-state index in [-0.39, 0.29) is 22.7 Å². The van der Waals surface area contributed by atoms with Crippen LogP contribution in [0.25, 0.3) is 121 Å². The van der Waals surface area contributed by atoms with Gasteiger partial charge in [-0.3, -0.25) is 0 Å². The van der Waals surface area contributed by atoms with Crippen molar-refractivity contribution >= 4 is 65.0 Å². The summed E-state index contributed by atoms with van der Waals surface area (Å²) >= 11 is 0. The molecular formula is C84H58. The summed E-state index contributed by atoms with van der Waals surface area (Å²) in [6.07, 6.45) is 17.4. The first-order valence-corrected chi connectivity index (χ1v) is 30.0. The maximum Gasteiger partial charge on any atom is 0.0205 e.